The van der Waals surface area contributed by atoms with Gasteiger partial charge in [-0.3, -0.25) is 0 Å². The van der Waals surface area contributed by atoms with E-state index in [0.29, 0.717) is 18.3 Å². The minimum atomic E-state index is 0. The molecule has 2 aromatic carbocycles. The second kappa shape index (κ2) is 18.2. The summed E-state index contributed by atoms with van der Waals surface area (Å²) in [5.41, 5.74) is 7.09. The third-order valence-electron chi connectivity index (χ3n) is 3.90. The largest absolute Gasteiger partial charge is 0.494 e. The smallest absolute Gasteiger partial charge is 0.175 e. The number of rotatable bonds is 10. The topological polar surface area (TPSA) is 68.5 Å². The van der Waals surface area contributed by atoms with Crippen LogP contribution in [0.4, 0.5) is 11.4 Å². The number of unbranched alkanes of at least 4 members (excludes halogenated alkanes) is 3. The van der Waals surface area contributed by atoms with Gasteiger partial charge in [0.1, 0.15) is 11.5 Å². The molecule has 1 radical (unpaired) electrons. The molecule has 165 valence electrons. The maximum absolute atomic E-state index is 5.40. The molecule has 0 amide bonds. The SMILES string of the molecule is CCCCCCN.CCOc1ccc(NC(=S)Nc2ccc(OCC)cc2)cc1.[Ta]. The Labute approximate surface area is 202 Å². The molecular weight excluding hydrogens is 563 g/mol. The minimum absolute atomic E-state index is 0. The third kappa shape index (κ3) is 12.9. The van der Waals surface area contributed by atoms with Crippen LogP contribution in [-0.2, 0) is 22.4 Å². The van der Waals surface area contributed by atoms with Gasteiger partial charge in [-0.15, -0.1) is 0 Å². The Balaban J connectivity index is 0.000000909. The first-order valence-corrected chi connectivity index (χ1v) is 10.8. The average Bonchev–Trinajstić information content (AvgIpc) is 2.72. The number of nitrogens with one attached hydrogen (secondary N) is 2. The molecule has 5 nitrogen and oxygen atoms in total. The summed E-state index contributed by atoms with van der Waals surface area (Å²) >= 11 is 5.30. The summed E-state index contributed by atoms with van der Waals surface area (Å²) in [6.45, 7) is 8.30. The summed E-state index contributed by atoms with van der Waals surface area (Å²) in [7, 11) is 0. The van der Waals surface area contributed by atoms with Crippen LogP contribution < -0.4 is 25.8 Å². The molecule has 0 atom stereocenters. The Hall–Kier alpha value is -1.57. The molecule has 0 aromatic heterocycles. The van der Waals surface area contributed by atoms with Crippen LogP contribution in [0, 0.1) is 0 Å². The van der Waals surface area contributed by atoms with Crippen molar-refractivity contribution < 1.29 is 31.9 Å². The molecule has 4 N–H and O–H groups in total. The van der Waals surface area contributed by atoms with Gasteiger partial charge in [-0.05, 0) is 87.6 Å². The Morgan fingerprint density at radius 1 is 0.767 bits per heavy atom. The van der Waals surface area contributed by atoms with Crippen LogP contribution in [0.3, 0.4) is 0 Å². The van der Waals surface area contributed by atoms with Crippen LogP contribution in [0.25, 0.3) is 0 Å². The maximum atomic E-state index is 5.40. The number of ether oxygens (including phenoxy) is 2. The predicted molar refractivity (Wildman–Crippen MR) is 128 cm³/mol. The van der Waals surface area contributed by atoms with E-state index >= 15 is 0 Å². The van der Waals surface area contributed by atoms with Crippen molar-refractivity contribution in [3.8, 4) is 11.5 Å². The van der Waals surface area contributed by atoms with Gasteiger partial charge in [-0.25, -0.2) is 0 Å². The van der Waals surface area contributed by atoms with Gasteiger partial charge in [0, 0.05) is 33.8 Å². The first-order chi connectivity index (χ1) is 14.1. The van der Waals surface area contributed by atoms with E-state index in [1.165, 1.54) is 25.7 Å². The van der Waals surface area contributed by atoms with Crippen molar-refractivity contribution in [3.63, 3.8) is 0 Å². The number of benzene rings is 2. The summed E-state index contributed by atoms with van der Waals surface area (Å²) in [6, 6.07) is 15.3. The van der Waals surface area contributed by atoms with Crippen molar-refractivity contribution in [2.24, 2.45) is 5.73 Å². The van der Waals surface area contributed by atoms with E-state index in [0.717, 1.165) is 29.4 Å². The van der Waals surface area contributed by atoms with Gasteiger partial charge in [0.25, 0.3) is 0 Å². The second-order valence-corrected chi connectivity index (χ2v) is 6.75. The van der Waals surface area contributed by atoms with Crippen LogP contribution in [0.1, 0.15) is 46.5 Å². The molecule has 0 aliphatic rings. The summed E-state index contributed by atoms with van der Waals surface area (Å²) in [5.74, 6) is 1.69. The molecule has 0 saturated carbocycles. The molecule has 0 bridgehead atoms. The number of nitrogens with two attached hydrogens (primary N) is 1. The Bertz CT molecular complexity index is 624. The zero-order valence-corrected chi connectivity index (χ0v) is 22.3. The number of hydrogen-bond donors (Lipinski definition) is 3. The van der Waals surface area contributed by atoms with E-state index in [2.05, 4.69) is 17.6 Å². The van der Waals surface area contributed by atoms with Crippen LogP contribution >= 0.6 is 12.2 Å². The fourth-order valence-corrected chi connectivity index (χ4v) is 2.70. The normalized spacial score (nSPS) is 9.47. The molecular formula is C23H35N3O2STa. The van der Waals surface area contributed by atoms with Gasteiger partial charge in [0.15, 0.2) is 5.11 Å². The fraction of sp³-hybridized carbons (Fsp3) is 0.435. The van der Waals surface area contributed by atoms with Crippen LogP contribution in [0.2, 0.25) is 0 Å². The van der Waals surface area contributed by atoms with E-state index in [4.69, 9.17) is 27.4 Å². The van der Waals surface area contributed by atoms with Gasteiger partial charge >= 0.3 is 0 Å². The Morgan fingerprint density at radius 3 is 1.53 bits per heavy atom. The maximum Gasteiger partial charge on any atom is 0.175 e. The quantitative estimate of drug-likeness (QED) is 0.237. The van der Waals surface area contributed by atoms with E-state index < -0.39 is 0 Å². The standard InChI is InChI=1S/C17H20N2O2S.C6H15N.Ta/c1-3-20-15-9-5-13(6-10-15)18-17(22)19-14-7-11-16(12-8-14)21-4-2;1-2-3-4-5-6-7;/h5-12H,3-4H2,1-2H3,(H2,18,19,22);2-7H2,1H3;. The average molecular weight is 599 g/mol. The molecule has 0 fully saturated rings. The van der Waals surface area contributed by atoms with E-state index in [1.54, 1.807) is 0 Å². The van der Waals surface area contributed by atoms with Crippen molar-refractivity contribution in [2.45, 2.75) is 46.5 Å². The predicted octanol–water partition coefficient (Wildman–Crippen LogP) is 5.82. The van der Waals surface area contributed by atoms with Crippen LogP contribution in [0.5, 0.6) is 11.5 Å². The van der Waals surface area contributed by atoms with E-state index in [-0.39, 0.29) is 22.4 Å². The first-order valence-electron chi connectivity index (χ1n) is 10.4. The molecule has 0 heterocycles. The van der Waals surface area contributed by atoms with E-state index in [9.17, 15) is 0 Å². The zero-order chi connectivity index (χ0) is 21.3. The van der Waals surface area contributed by atoms with Crippen molar-refractivity contribution in [1.29, 1.82) is 0 Å². The molecule has 0 saturated heterocycles. The van der Waals surface area contributed by atoms with Crippen molar-refractivity contribution in [3.05, 3.63) is 48.5 Å². The van der Waals surface area contributed by atoms with Gasteiger partial charge < -0.3 is 25.8 Å². The van der Waals surface area contributed by atoms with Gasteiger partial charge in [0.05, 0.1) is 13.2 Å². The first kappa shape index (κ1) is 28.4. The Morgan fingerprint density at radius 2 is 1.20 bits per heavy atom. The van der Waals surface area contributed by atoms with Crippen LogP contribution in [-0.4, -0.2) is 24.9 Å². The van der Waals surface area contributed by atoms with Crippen molar-refractivity contribution in [1.82, 2.24) is 0 Å². The van der Waals surface area contributed by atoms with Gasteiger partial charge in [-0.1, -0.05) is 26.2 Å². The minimum Gasteiger partial charge on any atom is -0.494 e. The summed E-state index contributed by atoms with van der Waals surface area (Å²) in [5, 5.41) is 6.80. The van der Waals surface area contributed by atoms with Gasteiger partial charge in [0.2, 0.25) is 0 Å². The monoisotopic (exact) mass is 598 g/mol. The third-order valence-corrected chi connectivity index (χ3v) is 4.11. The number of anilines is 2. The molecule has 0 spiro atoms. The molecule has 2 rings (SSSR count). The fourth-order valence-electron chi connectivity index (χ4n) is 2.47. The molecule has 0 unspecified atom stereocenters. The molecule has 0 aliphatic carbocycles. The molecule has 2 aromatic rings. The van der Waals surface area contributed by atoms with Crippen LogP contribution in [0.15, 0.2) is 48.5 Å². The zero-order valence-electron chi connectivity index (χ0n) is 18.3. The van der Waals surface area contributed by atoms with E-state index in [1.807, 2.05) is 62.4 Å². The summed E-state index contributed by atoms with van der Waals surface area (Å²) < 4.78 is 10.8. The van der Waals surface area contributed by atoms with Gasteiger partial charge in [-0.2, -0.15) is 0 Å². The summed E-state index contributed by atoms with van der Waals surface area (Å²) in [4.78, 5) is 0. The van der Waals surface area contributed by atoms with Crippen molar-refractivity contribution in [2.75, 3.05) is 30.4 Å². The van der Waals surface area contributed by atoms with Crippen molar-refractivity contribution >= 4 is 28.7 Å². The molecule has 7 heteroatoms. The molecule has 0 aliphatic heterocycles. The summed E-state index contributed by atoms with van der Waals surface area (Å²) in [6.07, 6.45) is 5.16. The number of thiocarbonyl (C=S) groups is 1. The second-order valence-electron chi connectivity index (χ2n) is 6.34. The number of hydrogen-bond acceptors (Lipinski definition) is 4. The Kier molecular flexibility index (Phi) is 17.3. The molecule has 30 heavy (non-hydrogen) atoms.